The third-order valence-corrected chi connectivity index (χ3v) is 6.59. The van der Waals surface area contributed by atoms with Crippen LogP contribution in [0.4, 0.5) is 0 Å². The number of nitrogens with zero attached hydrogens (tertiary/aromatic N) is 1. The Balaban J connectivity index is 1.57. The highest BCUT2D eigenvalue weighted by molar-refractivity contribution is 7.81. The molecule has 0 amide bonds. The molecule has 1 fully saturated rings. The van der Waals surface area contributed by atoms with Crippen molar-refractivity contribution in [2.24, 2.45) is 0 Å². The molecule has 34 heavy (non-hydrogen) atoms. The van der Waals surface area contributed by atoms with Crippen molar-refractivity contribution < 1.29 is 19.7 Å². The molecule has 3 aromatic carbocycles. The second-order valence-electron chi connectivity index (χ2n) is 8.78. The smallest absolute Gasteiger partial charge is 0.175 e. The average Bonchev–Trinajstić information content (AvgIpc) is 2.79. The summed E-state index contributed by atoms with van der Waals surface area (Å²) in [5.41, 5.74) is 2.76. The molecule has 0 aliphatic carbocycles. The van der Waals surface area contributed by atoms with Crippen LogP contribution in [0.15, 0.2) is 66.7 Å². The Bertz CT molecular complexity index is 1170. The van der Waals surface area contributed by atoms with Crippen LogP contribution in [0.2, 0.25) is 0 Å². The minimum atomic E-state index is -0.708. The summed E-state index contributed by atoms with van der Waals surface area (Å²) < 4.78 is 6.03. The Hall–Kier alpha value is -3.22. The minimum absolute atomic E-state index is 0.122. The first-order valence-corrected chi connectivity index (χ1v) is 11.9. The van der Waals surface area contributed by atoms with Gasteiger partial charge < -0.3 is 14.9 Å². The highest BCUT2D eigenvalue weighted by atomic mass is 32.1. The van der Waals surface area contributed by atoms with Crippen LogP contribution in [0.25, 0.3) is 0 Å². The maximum Gasteiger partial charge on any atom is 0.175 e. The molecule has 1 aliphatic heterocycles. The number of aromatic hydroxyl groups is 2. The molecule has 2 N–H and O–H groups in total. The highest BCUT2D eigenvalue weighted by Crippen LogP contribution is 2.31. The van der Waals surface area contributed by atoms with Crippen LogP contribution in [0.5, 0.6) is 17.2 Å². The summed E-state index contributed by atoms with van der Waals surface area (Å²) in [5, 5.41) is 19.5. The molecule has 6 heteroatoms. The van der Waals surface area contributed by atoms with Crippen LogP contribution >= 0.6 is 12.2 Å². The van der Waals surface area contributed by atoms with E-state index in [9.17, 15) is 15.0 Å². The van der Waals surface area contributed by atoms with Crippen LogP contribution in [-0.2, 0) is 0 Å². The van der Waals surface area contributed by atoms with Crippen LogP contribution in [0.1, 0.15) is 46.3 Å². The summed E-state index contributed by atoms with van der Waals surface area (Å²) in [6.45, 7) is 6.97. The van der Waals surface area contributed by atoms with E-state index in [1.165, 1.54) is 0 Å². The van der Waals surface area contributed by atoms with Crippen molar-refractivity contribution >= 4 is 22.9 Å². The monoisotopic (exact) mass is 475 g/mol. The Morgan fingerprint density at radius 2 is 1.68 bits per heavy atom. The van der Waals surface area contributed by atoms with Crippen molar-refractivity contribution in [2.45, 2.75) is 32.3 Å². The molecule has 0 radical (unpaired) electrons. The van der Waals surface area contributed by atoms with E-state index in [1.807, 2.05) is 19.1 Å². The van der Waals surface area contributed by atoms with Crippen molar-refractivity contribution in [1.82, 2.24) is 4.90 Å². The molecule has 176 valence electrons. The Labute approximate surface area is 205 Å². The summed E-state index contributed by atoms with van der Waals surface area (Å²) in [4.78, 5) is 16.5. The average molecular weight is 476 g/mol. The van der Waals surface area contributed by atoms with Crippen molar-refractivity contribution in [3.05, 3.63) is 89.0 Å². The van der Waals surface area contributed by atoms with E-state index in [-0.39, 0.29) is 23.4 Å². The van der Waals surface area contributed by atoms with E-state index in [2.05, 4.69) is 11.8 Å². The first-order chi connectivity index (χ1) is 16.4. The number of phenolic OH excluding ortho intramolecular Hbond substituents is 2. The molecule has 1 aliphatic rings. The number of hydrogen-bond donors (Lipinski definition) is 2. The zero-order valence-electron chi connectivity index (χ0n) is 19.4. The van der Waals surface area contributed by atoms with Gasteiger partial charge >= 0.3 is 0 Å². The number of ketones is 1. The Morgan fingerprint density at radius 3 is 2.29 bits per heavy atom. The summed E-state index contributed by atoms with van der Waals surface area (Å²) in [6.07, 6.45) is 1.32. The van der Waals surface area contributed by atoms with Gasteiger partial charge in [0.25, 0.3) is 0 Å². The van der Waals surface area contributed by atoms with Gasteiger partial charge in [-0.15, -0.1) is 0 Å². The van der Waals surface area contributed by atoms with Crippen molar-refractivity contribution in [2.75, 3.05) is 19.6 Å². The number of likely N-dealkylation sites (tertiary alicyclic amines) is 1. The molecule has 1 atom stereocenters. The van der Waals surface area contributed by atoms with Gasteiger partial charge in [-0.3, -0.25) is 9.69 Å². The molecule has 1 saturated heterocycles. The van der Waals surface area contributed by atoms with E-state index in [1.54, 1.807) is 54.6 Å². The summed E-state index contributed by atoms with van der Waals surface area (Å²) in [7, 11) is 0. The fourth-order valence-electron chi connectivity index (χ4n) is 4.32. The predicted octanol–water partition coefficient (Wildman–Crippen LogP) is 5.26. The first kappa shape index (κ1) is 23.9. The molecule has 0 bridgehead atoms. The first-order valence-electron chi connectivity index (χ1n) is 11.5. The van der Waals surface area contributed by atoms with E-state index < -0.39 is 5.92 Å². The molecular formula is C28H29NO4S. The molecule has 0 saturated carbocycles. The third kappa shape index (κ3) is 5.29. The molecule has 5 nitrogen and oxygen atoms in total. The number of hydrogen-bond acceptors (Lipinski definition) is 6. The van der Waals surface area contributed by atoms with Gasteiger partial charge in [0, 0.05) is 23.5 Å². The number of Topliss-reactive ketones (excluding diaryl/α,β-unsaturated/α-hetero) is 1. The molecular weight excluding hydrogens is 446 g/mol. The number of thiocarbonyl (C=S) groups is 1. The minimum Gasteiger partial charge on any atom is -0.508 e. The number of rotatable bonds is 9. The van der Waals surface area contributed by atoms with E-state index in [4.69, 9.17) is 17.0 Å². The molecule has 3 aromatic rings. The van der Waals surface area contributed by atoms with Crippen LogP contribution in [0.3, 0.4) is 0 Å². The molecule has 1 unspecified atom stereocenters. The Kier molecular flexibility index (Phi) is 7.29. The van der Waals surface area contributed by atoms with Crippen molar-refractivity contribution in [3.8, 4) is 17.2 Å². The van der Waals surface area contributed by atoms with Gasteiger partial charge in [0.2, 0.25) is 0 Å². The zero-order chi connectivity index (χ0) is 24.2. The van der Waals surface area contributed by atoms with Gasteiger partial charge in [-0.2, -0.15) is 0 Å². The predicted molar refractivity (Wildman–Crippen MR) is 137 cm³/mol. The van der Waals surface area contributed by atoms with E-state index in [0.29, 0.717) is 16.0 Å². The third-order valence-electron chi connectivity index (χ3n) is 6.13. The fourth-order valence-corrected chi connectivity index (χ4v) is 4.79. The summed E-state index contributed by atoms with van der Waals surface area (Å²) in [6, 6.07) is 18.7. The topological polar surface area (TPSA) is 70.0 Å². The summed E-state index contributed by atoms with van der Waals surface area (Å²) >= 11 is 5.81. The largest absolute Gasteiger partial charge is 0.508 e. The maximum atomic E-state index is 13.7. The lowest BCUT2D eigenvalue weighted by Crippen LogP contribution is -2.53. The van der Waals surface area contributed by atoms with Gasteiger partial charge in [0.05, 0.1) is 5.92 Å². The van der Waals surface area contributed by atoms with Crippen molar-refractivity contribution in [3.63, 3.8) is 0 Å². The molecule has 4 rings (SSSR count). The number of ether oxygens (including phenoxy) is 1. The van der Waals surface area contributed by atoms with Gasteiger partial charge in [-0.25, -0.2) is 0 Å². The van der Waals surface area contributed by atoms with Gasteiger partial charge in [-0.1, -0.05) is 31.3 Å². The number of phenols is 2. The lowest BCUT2D eigenvalue weighted by molar-refractivity contribution is 0.0202. The zero-order valence-corrected chi connectivity index (χ0v) is 20.2. The number of benzene rings is 3. The van der Waals surface area contributed by atoms with Gasteiger partial charge in [0.1, 0.15) is 23.4 Å². The molecule has 0 spiro atoms. The molecule has 1 heterocycles. The lowest BCUT2D eigenvalue weighted by Gasteiger charge is -2.38. The Morgan fingerprint density at radius 1 is 1.03 bits per heavy atom. The number of aryl methyl sites for hydroxylation is 1. The standard InChI is InChI=1S/C28H29NO4S/c1-3-14-29-16-24(17-29)33-23-11-6-20(7-12-23)27(32)26(19-4-8-21(30)9-5-19)28(34)25-13-10-22(31)15-18(25)2/h4-13,15,24,26,30-31H,3,14,16-17H2,1-2H3. The second-order valence-corrected chi connectivity index (χ2v) is 9.22. The van der Waals surface area contributed by atoms with Crippen LogP contribution < -0.4 is 4.74 Å². The normalized spacial score (nSPS) is 14.9. The number of carbonyl (C=O) groups is 1. The van der Waals surface area contributed by atoms with Gasteiger partial charge in [-0.05, 0) is 91.2 Å². The van der Waals surface area contributed by atoms with Crippen molar-refractivity contribution in [1.29, 1.82) is 0 Å². The van der Waals surface area contributed by atoms with Crippen LogP contribution in [0, 0.1) is 6.92 Å². The maximum absolute atomic E-state index is 13.7. The van der Waals surface area contributed by atoms with E-state index in [0.717, 1.165) is 42.9 Å². The summed E-state index contributed by atoms with van der Waals surface area (Å²) in [5.74, 6) is 0.177. The number of carbonyl (C=O) groups excluding carboxylic acids is 1. The van der Waals surface area contributed by atoms with E-state index >= 15 is 0 Å². The second kappa shape index (κ2) is 10.4. The SMILES string of the molecule is CCCN1CC(Oc2ccc(C(=O)C(C(=S)c3ccc(O)cc3C)c3ccc(O)cc3)cc2)C1. The van der Waals surface area contributed by atoms with Gasteiger partial charge in [0.15, 0.2) is 5.78 Å². The quantitative estimate of drug-likeness (QED) is 0.325. The lowest BCUT2D eigenvalue weighted by atomic mass is 9.84. The van der Waals surface area contributed by atoms with Crippen LogP contribution in [-0.4, -0.2) is 51.5 Å². The fraction of sp³-hybridized carbons (Fsp3) is 0.286. The highest BCUT2D eigenvalue weighted by Gasteiger charge is 2.29. The molecule has 0 aromatic heterocycles.